The second kappa shape index (κ2) is 6.29. The van der Waals surface area contributed by atoms with E-state index in [0.717, 1.165) is 11.3 Å². The third-order valence-corrected chi connectivity index (χ3v) is 3.39. The van der Waals surface area contributed by atoms with Gasteiger partial charge in [0.2, 0.25) is 0 Å². The maximum Gasteiger partial charge on any atom is 0.119 e. The lowest BCUT2D eigenvalue weighted by molar-refractivity contribution is 0.0572. The summed E-state index contributed by atoms with van der Waals surface area (Å²) in [6, 6.07) is 7.28. The summed E-state index contributed by atoms with van der Waals surface area (Å²) in [4.78, 5) is 2.34. The van der Waals surface area contributed by atoms with Crippen molar-refractivity contribution in [2.75, 3.05) is 26.2 Å². The fourth-order valence-electron chi connectivity index (χ4n) is 2.04. The Kier molecular flexibility index (Phi) is 4.71. The first-order valence-electron chi connectivity index (χ1n) is 6.17. The van der Waals surface area contributed by atoms with Gasteiger partial charge in [-0.2, -0.15) is 0 Å². The fourth-order valence-corrected chi connectivity index (χ4v) is 2.17. The van der Waals surface area contributed by atoms with Gasteiger partial charge in [-0.25, -0.2) is 0 Å². The second-order valence-electron chi connectivity index (χ2n) is 4.63. The SMILES string of the molecule is NC(=S)c1ccc(OCCN2CC(O)C(O)C2)cc1. The molecule has 5 nitrogen and oxygen atoms in total. The highest BCUT2D eigenvalue weighted by atomic mass is 32.1. The monoisotopic (exact) mass is 282 g/mol. The molecule has 1 saturated heterocycles. The van der Waals surface area contributed by atoms with Crippen molar-refractivity contribution in [1.29, 1.82) is 0 Å². The van der Waals surface area contributed by atoms with Crippen LogP contribution in [0.15, 0.2) is 24.3 Å². The second-order valence-corrected chi connectivity index (χ2v) is 5.07. The molecule has 1 aromatic rings. The summed E-state index contributed by atoms with van der Waals surface area (Å²) in [5, 5.41) is 18.8. The van der Waals surface area contributed by atoms with Gasteiger partial charge in [0.25, 0.3) is 0 Å². The van der Waals surface area contributed by atoms with Crippen molar-refractivity contribution in [1.82, 2.24) is 4.90 Å². The van der Waals surface area contributed by atoms with Crippen LogP contribution in [0.5, 0.6) is 5.75 Å². The van der Waals surface area contributed by atoms with Crippen LogP contribution in [0.25, 0.3) is 0 Å². The van der Waals surface area contributed by atoms with Crippen LogP contribution < -0.4 is 10.5 Å². The molecule has 0 amide bonds. The molecule has 0 spiro atoms. The molecule has 1 aromatic carbocycles. The Bertz CT molecular complexity index is 428. The van der Waals surface area contributed by atoms with Crippen molar-refractivity contribution in [3.63, 3.8) is 0 Å². The third kappa shape index (κ3) is 3.87. The molecule has 1 aliphatic rings. The van der Waals surface area contributed by atoms with E-state index >= 15 is 0 Å². The van der Waals surface area contributed by atoms with Gasteiger partial charge < -0.3 is 20.7 Å². The van der Waals surface area contributed by atoms with Crippen LogP contribution in [-0.4, -0.2) is 58.6 Å². The highest BCUT2D eigenvalue weighted by molar-refractivity contribution is 7.80. The maximum atomic E-state index is 9.41. The van der Waals surface area contributed by atoms with E-state index in [1.165, 1.54) is 0 Å². The average Bonchev–Trinajstić information content (AvgIpc) is 2.69. The molecule has 4 N–H and O–H groups in total. The first-order chi connectivity index (χ1) is 9.06. The van der Waals surface area contributed by atoms with Crippen molar-refractivity contribution in [2.45, 2.75) is 12.2 Å². The zero-order chi connectivity index (χ0) is 13.8. The summed E-state index contributed by atoms with van der Waals surface area (Å²) in [7, 11) is 0. The number of nitrogens with two attached hydrogens (primary N) is 1. The van der Waals surface area contributed by atoms with Gasteiger partial charge in [0.1, 0.15) is 17.3 Å². The molecule has 1 fully saturated rings. The van der Waals surface area contributed by atoms with Crippen LogP contribution in [0.1, 0.15) is 5.56 Å². The van der Waals surface area contributed by atoms with E-state index in [-0.39, 0.29) is 0 Å². The minimum absolute atomic E-state index is 0.367. The Morgan fingerprint density at radius 3 is 2.37 bits per heavy atom. The van der Waals surface area contributed by atoms with Crippen LogP contribution >= 0.6 is 12.2 Å². The summed E-state index contributed by atoms with van der Waals surface area (Å²) in [6.07, 6.45) is -1.30. The van der Waals surface area contributed by atoms with E-state index in [2.05, 4.69) is 0 Å². The Morgan fingerprint density at radius 1 is 1.26 bits per heavy atom. The first-order valence-corrected chi connectivity index (χ1v) is 6.58. The standard InChI is InChI=1S/C13H18N2O3S/c14-13(19)9-1-3-10(4-2-9)18-6-5-15-7-11(16)12(17)8-15/h1-4,11-12,16-17H,5-8H2,(H2,14,19). The van der Waals surface area contributed by atoms with Crippen molar-refractivity contribution in [2.24, 2.45) is 5.73 Å². The summed E-state index contributed by atoms with van der Waals surface area (Å²) in [5.74, 6) is 0.750. The number of rotatable bonds is 5. The zero-order valence-corrected chi connectivity index (χ0v) is 11.3. The lowest BCUT2D eigenvalue weighted by Crippen LogP contribution is -2.27. The molecular formula is C13H18N2O3S. The van der Waals surface area contributed by atoms with Gasteiger partial charge in [0.05, 0.1) is 12.2 Å². The summed E-state index contributed by atoms with van der Waals surface area (Å²) < 4.78 is 5.58. The summed E-state index contributed by atoms with van der Waals surface area (Å²) >= 11 is 4.87. The number of likely N-dealkylation sites (tertiary alicyclic amines) is 1. The third-order valence-electron chi connectivity index (χ3n) is 3.15. The van der Waals surface area contributed by atoms with Crippen molar-refractivity contribution in [3.05, 3.63) is 29.8 Å². The predicted octanol–water partition coefficient (Wildman–Crippen LogP) is -0.263. The molecule has 1 heterocycles. The molecule has 2 atom stereocenters. The molecular weight excluding hydrogens is 264 g/mol. The quantitative estimate of drug-likeness (QED) is 0.646. The maximum absolute atomic E-state index is 9.41. The molecule has 19 heavy (non-hydrogen) atoms. The Balaban J connectivity index is 1.75. The highest BCUT2D eigenvalue weighted by Gasteiger charge is 2.28. The van der Waals surface area contributed by atoms with Crippen molar-refractivity contribution < 1.29 is 14.9 Å². The molecule has 0 saturated carbocycles. The number of thiocarbonyl (C=S) groups is 1. The molecule has 2 rings (SSSR count). The van der Waals surface area contributed by atoms with Crippen molar-refractivity contribution >= 4 is 17.2 Å². The number of aliphatic hydroxyl groups is 2. The molecule has 0 aliphatic carbocycles. The molecule has 0 aromatic heterocycles. The average molecular weight is 282 g/mol. The predicted molar refractivity (Wildman–Crippen MR) is 76.3 cm³/mol. The highest BCUT2D eigenvalue weighted by Crippen LogP contribution is 2.13. The minimum atomic E-state index is -0.648. The van der Waals surface area contributed by atoms with E-state index in [4.69, 9.17) is 22.7 Å². The Morgan fingerprint density at radius 2 is 1.84 bits per heavy atom. The smallest absolute Gasteiger partial charge is 0.119 e. The lowest BCUT2D eigenvalue weighted by atomic mass is 10.2. The van der Waals surface area contributed by atoms with Crippen molar-refractivity contribution in [3.8, 4) is 5.75 Å². The molecule has 104 valence electrons. The van der Waals surface area contributed by atoms with E-state index in [9.17, 15) is 10.2 Å². The molecule has 2 unspecified atom stereocenters. The number of aliphatic hydroxyl groups excluding tert-OH is 2. The van der Waals surface area contributed by atoms with Crippen LogP contribution in [-0.2, 0) is 0 Å². The van der Waals surface area contributed by atoms with Gasteiger partial charge >= 0.3 is 0 Å². The van der Waals surface area contributed by atoms with E-state index < -0.39 is 12.2 Å². The van der Waals surface area contributed by atoms with E-state index in [1.54, 1.807) is 0 Å². The number of β-amino-alcohol motifs (C(OH)–C–C–N with tert-alkyl or cyclic N) is 2. The number of hydrogen-bond donors (Lipinski definition) is 3. The van der Waals surface area contributed by atoms with Gasteiger partial charge in [-0.15, -0.1) is 0 Å². The summed E-state index contributed by atoms with van der Waals surface area (Å²) in [5.41, 5.74) is 6.32. The fraction of sp³-hybridized carbons (Fsp3) is 0.462. The zero-order valence-electron chi connectivity index (χ0n) is 10.5. The largest absolute Gasteiger partial charge is 0.492 e. The van der Waals surface area contributed by atoms with Crippen LogP contribution in [0.2, 0.25) is 0 Å². The topological polar surface area (TPSA) is 79.0 Å². The van der Waals surface area contributed by atoms with E-state index in [0.29, 0.717) is 31.2 Å². The van der Waals surface area contributed by atoms with Gasteiger partial charge in [-0.05, 0) is 24.3 Å². The van der Waals surface area contributed by atoms with Gasteiger partial charge in [0, 0.05) is 25.2 Å². The van der Waals surface area contributed by atoms with E-state index in [1.807, 2.05) is 29.2 Å². The van der Waals surface area contributed by atoms with Gasteiger partial charge in [-0.3, -0.25) is 4.90 Å². The number of nitrogens with zero attached hydrogens (tertiary/aromatic N) is 1. The molecule has 1 aliphatic heterocycles. The number of ether oxygens (including phenoxy) is 1. The number of hydrogen-bond acceptors (Lipinski definition) is 5. The minimum Gasteiger partial charge on any atom is -0.492 e. The van der Waals surface area contributed by atoms with Crippen LogP contribution in [0.3, 0.4) is 0 Å². The van der Waals surface area contributed by atoms with Crippen LogP contribution in [0.4, 0.5) is 0 Å². The molecule has 0 radical (unpaired) electrons. The van der Waals surface area contributed by atoms with Crippen LogP contribution in [0, 0.1) is 0 Å². The Labute approximate surface area is 117 Å². The van der Waals surface area contributed by atoms with Gasteiger partial charge in [-0.1, -0.05) is 12.2 Å². The van der Waals surface area contributed by atoms with Gasteiger partial charge in [0.15, 0.2) is 0 Å². The first kappa shape index (κ1) is 14.2. The normalized spacial score (nSPS) is 23.5. The number of benzene rings is 1. The molecule has 6 heteroatoms. The summed E-state index contributed by atoms with van der Waals surface area (Å²) in [6.45, 7) is 2.16. The lowest BCUT2D eigenvalue weighted by Gasteiger charge is -2.15. The molecule has 0 bridgehead atoms. The Hall–Kier alpha value is -1.21.